The molecule has 0 fully saturated rings. The number of rotatable bonds is 3. The van der Waals surface area contributed by atoms with Gasteiger partial charge in [-0.25, -0.2) is 15.4 Å². The Morgan fingerprint density at radius 1 is 0.825 bits per heavy atom. The van der Waals surface area contributed by atoms with Crippen molar-refractivity contribution in [3.05, 3.63) is 143 Å². The predicted octanol–water partition coefficient (Wildman–Crippen LogP) is 7.92. The largest absolute Gasteiger partial charge is 0.305 e. The number of aryl methyl sites for hydroxylation is 1. The summed E-state index contributed by atoms with van der Waals surface area (Å²) in [4.78, 5) is 15.4. The van der Waals surface area contributed by atoms with Crippen LogP contribution in [0.3, 0.4) is 0 Å². The quantitative estimate of drug-likeness (QED) is 0.180. The van der Waals surface area contributed by atoms with Gasteiger partial charge >= 0.3 is 0 Å². The average molecular weight is 691 g/mol. The van der Waals surface area contributed by atoms with Crippen molar-refractivity contribution >= 4 is 11.4 Å². The molecule has 0 bridgehead atoms. The van der Waals surface area contributed by atoms with E-state index in [1.807, 2.05) is 91.9 Å². The summed E-state index contributed by atoms with van der Waals surface area (Å²) in [6.07, 6.45) is 3.49. The minimum atomic E-state index is -0.135. The zero-order valence-corrected chi connectivity index (χ0v) is 23.6. The van der Waals surface area contributed by atoms with Gasteiger partial charge in [-0.05, 0) is 47.0 Å². The molecule has 3 aromatic carbocycles. The Morgan fingerprint density at radius 3 is 2.12 bits per heavy atom. The summed E-state index contributed by atoms with van der Waals surface area (Å²) >= 11 is 0. The average Bonchev–Trinajstić information content (AvgIpc) is 3.01. The monoisotopic (exact) mass is 691 g/mol. The maximum atomic E-state index is 9.32. The molecule has 0 saturated heterocycles. The summed E-state index contributed by atoms with van der Waals surface area (Å²) < 4.78 is 0. The topological polar surface area (TPSA) is 82.1 Å². The van der Waals surface area contributed by atoms with Gasteiger partial charge in [0.25, 0.3) is 5.69 Å². The van der Waals surface area contributed by atoms with Crippen molar-refractivity contribution < 1.29 is 20.1 Å². The summed E-state index contributed by atoms with van der Waals surface area (Å²) in [6, 6.07) is 34.9. The van der Waals surface area contributed by atoms with Gasteiger partial charge in [-0.15, -0.1) is 35.9 Å². The van der Waals surface area contributed by atoms with Crippen LogP contribution in [0.15, 0.2) is 91.3 Å². The molecule has 2 aromatic heterocycles. The van der Waals surface area contributed by atoms with Gasteiger partial charge in [0.05, 0.1) is 6.57 Å². The molecule has 2 heterocycles. The van der Waals surface area contributed by atoms with E-state index in [9.17, 15) is 10.5 Å². The normalized spacial score (nSPS) is 9.32. The first kappa shape index (κ1) is 29.1. The minimum absolute atomic E-state index is 0. The van der Waals surface area contributed by atoms with Gasteiger partial charge in [-0.3, -0.25) is 4.98 Å². The van der Waals surface area contributed by atoms with Crippen LogP contribution in [0.2, 0.25) is 0 Å². The van der Waals surface area contributed by atoms with E-state index in [1.165, 1.54) is 0 Å². The van der Waals surface area contributed by atoms with Crippen LogP contribution in [0.4, 0.5) is 11.4 Å². The molecule has 1 radical (unpaired) electrons. The molecule has 0 N–H and O–H groups in total. The molecule has 0 unspecified atom stereocenters. The van der Waals surface area contributed by atoms with E-state index in [0.717, 1.165) is 27.9 Å². The maximum Gasteiger partial charge on any atom is 0.263 e. The Bertz CT molecular complexity index is 1750. The Balaban J connectivity index is 0.000000283. The van der Waals surface area contributed by atoms with Crippen LogP contribution >= 0.6 is 0 Å². The second kappa shape index (κ2) is 13.9. The molecule has 0 aliphatic heterocycles. The molecule has 0 atom stereocenters. The fraction of sp³-hybridized carbons (Fsp3) is 0.0303. The van der Waals surface area contributed by atoms with Gasteiger partial charge in [0.2, 0.25) is 5.69 Å². The third kappa shape index (κ3) is 6.34. The maximum absolute atomic E-state index is 9.32. The molecule has 0 amide bonds. The van der Waals surface area contributed by atoms with Crippen LogP contribution in [-0.4, -0.2) is 9.97 Å². The van der Waals surface area contributed by atoms with Gasteiger partial charge in [0.15, 0.2) is 0 Å². The number of benzene rings is 3. The molecule has 0 spiro atoms. The summed E-state index contributed by atoms with van der Waals surface area (Å²) in [6.45, 7) is 16.7. The van der Waals surface area contributed by atoms with Crippen molar-refractivity contribution in [2.75, 3.05) is 0 Å². The number of hydrogen-bond donors (Lipinski definition) is 0. The first-order valence-corrected chi connectivity index (χ1v) is 11.7. The van der Waals surface area contributed by atoms with Crippen LogP contribution in [0.5, 0.6) is 0 Å². The molecule has 5 aromatic rings. The Morgan fingerprint density at radius 2 is 1.55 bits per heavy atom. The van der Waals surface area contributed by atoms with Gasteiger partial charge < -0.3 is 4.98 Å². The Labute approximate surface area is 246 Å². The summed E-state index contributed by atoms with van der Waals surface area (Å²) in [5, 5.41) is 18.6. The molecular weight excluding hydrogens is 673 g/mol. The van der Waals surface area contributed by atoms with Crippen LogP contribution in [0.25, 0.3) is 43.3 Å². The van der Waals surface area contributed by atoms with Crippen LogP contribution in [-0.2, 0) is 20.1 Å². The number of nitrogens with zero attached hydrogens (tertiary/aromatic N) is 6. The Hall–Kier alpha value is -5.43. The molecule has 40 heavy (non-hydrogen) atoms. The molecule has 0 saturated carbocycles. The third-order valence-electron chi connectivity index (χ3n) is 5.75. The summed E-state index contributed by atoms with van der Waals surface area (Å²) in [5.41, 5.74) is 5.27. The second-order valence-electron chi connectivity index (χ2n) is 8.14. The van der Waals surface area contributed by atoms with Gasteiger partial charge in [-0.1, -0.05) is 54.6 Å². The standard InChI is InChI=1S/C22H10N5.C11H8N.Ir/c1-14-9-20(27-13-19(14)15-7-5-4-6-8-15)17-10-16(11-23)18(12-24)22(26-3)21(17)25-2;1-2-6-10(7-3-1)11-8-4-5-9-12-11;/h4-9,13H,1H3;1-6,8-9H;/q2*-1;. The fourth-order valence-electron chi connectivity index (χ4n) is 3.89. The van der Waals surface area contributed by atoms with E-state index < -0.39 is 0 Å². The molecule has 7 heteroatoms. The number of pyridine rings is 2. The third-order valence-corrected chi connectivity index (χ3v) is 5.75. The van der Waals surface area contributed by atoms with Crippen molar-refractivity contribution in [2.24, 2.45) is 0 Å². The first-order valence-electron chi connectivity index (χ1n) is 11.7. The zero-order valence-electron chi connectivity index (χ0n) is 21.2. The van der Waals surface area contributed by atoms with Crippen LogP contribution < -0.4 is 0 Å². The van der Waals surface area contributed by atoms with Crippen molar-refractivity contribution in [3.63, 3.8) is 0 Å². The molecule has 0 aliphatic rings. The molecular formula is C33H18IrN6-2. The van der Waals surface area contributed by atoms with E-state index in [-0.39, 0.29) is 48.2 Å². The molecule has 191 valence electrons. The van der Waals surface area contributed by atoms with Crippen LogP contribution in [0.1, 0.15) is 16.7 Å². The summed E-state index contributed by atoms with van der Waals surface area (Å²) in [7, 11) is 0. The smallest absolute Gasteiger partial charge is 0.263 e. The van der Waals surface area contributed by atoms with Crippen molar-refractivity contribution in [1.29, 1.82) is 10.5 Å². The Kier molecular flexibility index (Phi) is 10.1. The molecule has 6 nitrogen and oxygen atoms in total. The number of aromatic nitrogens is 2. The van der Waals surface area contributed by atoms with E-state index in [1.54, 1.807) is 18.5 Å². The molecule has 5 rings (SSSR count). The van der Waals surface area contributed by atoms with Crippen molar-refractivity contribution in [2.45, 2.75) is 6.92 Å². The van der Waals surface area contributed by atoms with Crippen molar-refractivity contribution in [3.8, 4) is 45.8 Å². The predicted molar refractivity (Wildman–Crippen MR) is 149 cm³/mol. The first-order chi connectivity index (χ1) is 19.1. The fourth-order valence-corrected chi connectivity index (χ4v) is 3.89. The molecule has 0 aliphatic carbocycles. The SMILES string of the molecule is [C-]#[N+]c1c(-c2cc(C)c(-c3ccccc3)cn2)[c-]c(C#N)c(C#N)c1[N+]#[C-].[Ir].[c-]1ccccc1-c1ccccn1. The summed E-state index contributed by atoms with van der Waals surface area (Å²) in [5.74, 6) is 0. The van der Waals surface area contributed by atoms with Gasteiger partial charge in [0, 0.05) is 55.4 Å². The van der Waals surface area contributed by atoms with E-state index in [2.05, 4.69) is 31.8 Å². The van der Waals surface area contributed by atoms with Crippen molar-refractivity contribution in [1.82, 2.24) is 9.97 Å². The van der Waals surface area contributed by atoms with Gasteiger partial charge in [0.1, 0.15) is 6.57 Å². The van der Waals surface area contributed by atoms with Crippen LogP contribution in [0, 0.1) is 54.9 Å². The van der Waals surface area contributed by atoms with E-state index >= 15 is 0 Å². The van der Waals surface area contributed by atoms with Gasteiger partial charge in [-0.2, -0.15) is 4.85 Å². The van der Waals surface area contributed by atoms with E-state index in [4.69, 9.17) is 13.1 Å². The number of hydrogen-bond acceptors (Lipinski definition) is 4. The minimum Gasteiger partial charge on any atom is -0.305 e. The zero-order chi connectivity index (χ0) is 27.6. The number of nitriles is 2. The second-order valence-corrected chi connectivity index (χ2v) is 8.14. The van der Waals surface area contributed by atoms with E-state index in [0.29, 0.717) is 5.69 Å².